The Kier molecular flexibility index (Phi) is 7.94. The first-order chi connectivity index (χ1) is 19.3. The number of phenolic OH excluding ortho intramolecular Hbond substituents is 1. The molecule has 0 aromatic heterocycles. The van der Waals surface area contributed by atoms with Crippen molar-refractivity contribution in [1.82, 2.24) is 16.2 Å². The molecule has 41 heavy (non-hydrogen) atoms. The Balaban J connectivity index is 1.13. The lowest BCUT2D eigenvalue weighted by Gasteiger charge is -2.29. The summed E-state index contributed by atoms with van der Waals surface area (Å²) < 4.78 is 35.4. The maximum absolute atomic E-state index is 12.7. The predicted octanol–water partition coefficient (Wildman–Crippen LogP) is 1.22. The van der Waals surface area contributed by atoms with Crippen molar-refractivity contribution in [2.24, 2.45) is 0 Å². The van der Waals surface area contributed by atoms with E-state index in [0.29, 0.717) is 0 Å². The monoisotopic (exact) mass is 573 g/mol. The van der Waals surface area contributed by atoms with Crippen molar-refractivity contribution in [3.63, 3.8) is 0 Å². The van der Waals surface area contributed by atoms with Crippen molar-refractivity contribution in [3.8, 4) is 5.75 Å². The van der Waals surface area contributed by atoms with Crippen molar-refractivity contribution >= 4 is 28.5 Å². The number of nitrogens with one attached hydrogen (secondary N) is 3. The SMILES string of the molecule is CC(NC(=O)CO[C@@H]1[C@H]2OC(C)(C)O[C@H]2O[C@@H]1C1COC(C)(C)O1)C(=O)NNC(=O)c1cc2ccccc2cc1O. The lowest BCUT2D eigenvalue weighted by Crippen LogP contribution is -2.52. The zero-order valence-corrected chi connectivity index (χ0v) is 23.5. The molecule has 3 saturated heterocycles. The summed E-state index contributed by atoms with van der Waals surface area (Å²) in [7, 11) is 0. The average Bonchev–Trinajstić information content (AvgIpc) is 3.53. The van der Waals surface area contributed by atoms with Gasteiger partial charge < -0.3 is 38.8 Å². The number of rotatable bonds is 7. The largest absolute Gasteiger partial charge is 0.507 e. The topological polar surface area (TPSA) is 163 Å². The highest BCUT2D eigenvalue weighted by Crippen LogP contribution is 2.41. The Morgan fingerprint density at radius 3 is 2.39 bits per heavy atom. The zero-order chi connectivity index (χ0) is 29.5. The van der Waals surface area contributed by atoms with Crippen LogP contribution in [0.15, 0.2) is 36.4 Å². The molecule has 3 heterocycles. The summed E-state index contributed by atoms with van der Waals surface area (Å²) in [5.74, 6) is -3.88. The molecule has 2 aromatic carbocycles. The van der Waals surface area contributed by atoms with Crippen LogP contribution in [0.4, 0.5) is 0 Å². The number of benzene rings is 2. The molecule has 2 unspecified atom stereocenters. The maximum Gasteiger partial charge on any atom is 0.273 e. The van der Waals surface area contributed by atoms with E-state index in [-0.39, 0.29) is 17.9 Å². The van der Waals surface area contributed by atoms with Gasteiger partial charge in [0.1, 0.15) is 42.8 Å². The molecule has 0 spiro atoms. The maximum atomic E-state index is 12.7. The lowest BCUT2D eigenvalue weighted by atomic mass is 10.1. The molecule has 0 radical (unpaired) electrons. The van der Waals surface area contributed by atoms with Crippen LogP contribution in [0.25, 0.3) is 10.8 Å². The number of carbonyl (C=O) groups is 3. The van der Waals surface area contributed by atoms with E-state index in [1.807, 2.05) is 12.1 Å². The molecular weight excluding hydrogens is 538 g/mol. The van der Waals surface area contributed by atoms with Crippen LogP contribution in [-0.4, -0.2) is 84.4 Å². The fraction of sp³-hybridized carbons (Fsp3) is 0.536. The van der Waals surface area contributed by atoms with Gasteiger partial charge in [0.25, 0.3) is 11.8 Å². The smallest absolute Gasteiger partial charge is 0.273 e. The zero-order valence-electron chi connectivity index (χ0n) is 23.5. The van der Waals surface area contributed by atoms with Crippen molar-refractivity contribution in [2.45, 2.75) is 82.9 Å². The van der Waals surface area contributed by atoms with Crippen LogP contribution < -0.4 is 16.2 Å². The number of fused-ring (bicyclic) bond motifs is 2. The van der Waals surface area contributed by atoms with E-state index >= 15 is 0 Å². The van der Waals surface area contributed by atoms with Gasteiger partial charge in [-0.2, -0.15) is 0 Å². The number of hydrogen-bond donors (Lipinski definition) is 4. The van der Waals surface area contributed by atoms with Gasteiger partial charge in [-0.1, -0.05) is 24.3 Å². The molecular formula is C28H35N3O10. The third kappa shape index (κ3) is 6.45. The fourth-order valence-corrected chi connectivity index (χ4v) is 5.10. The molecule has 2 aromatic rings. The van der Waals surface area contributed by atoms with Gasteiger partial charge in [-0.15, -0.1) is 0 Å². The first-order valence-corrected chi connectivity index (χ1v) is 13.4. The highest BCUT2D eigenvalue weighted by Gasteiger charge is 2.59. The number of ether oxygens (including phenoxy) is 6. The summed E-state index contributed by atoms with van der Waals surface area (Å²) in [6.45, 7) is 8.42. The first-order valence-electron chi connectivity index (χ1n) is 13.4. The van der Waals surface area contributed by atoms with Crippen molar-refractivity contribution in [2.75, 3.05) is 13.2 Å². The van der Waals surface area contributed by atoms with E-state index < -0.39 is 72.7 Å². The minimum Gasteiger partial charge on any atom is -0.507 e. The summed E-state index contributed by atoms with van der Waals surface area (Å²) in [4.78, 5) is 37.8. The lowest BCUT2D eigenvalue weighted by molar-refractivity contribution is -0.235. The third-order valence-corrected chi connectivity index (χ3v) is 7.01. The number of hydrazine groups is 1. The third-order valence-electron chi connectivity index (χ3n) is 7.01. The number of hydrogen-bond acceptors (Lipinski definition) is 10. The van der Waals surface area contributed by atoms with Gasteiger partial charge in [0.2, 0.25) is 5.91 Å². The van der Waals surface area contributed by atoms with E-state index in [0.717, 1.165) is 10.8 Å². The normalized spacial score (nSPS) is 28.7. The molecule has 3 aliphatic rings. The van der Waals surface area contributed by atoms with Crippen molar-refractivity contribution in [3.05, 3.63) is 42.0 Å². The second-order valence-corrected chi connectivity index (χ2v) is 11.2. The second kappa shape index (κ2) is 11.2. The van der Waals surface area contributed by atoms with E-state index in [1.165, 1.54) is 19.1 Å². The molecule has 3 fully saturated rings. The van der Waals surface area contributed by atoms with Crippen LogP contribution in [0.1, 0.15) is 45.0 Å². The van der Waals surface area contributed by atoms with Gasteiger partial charge in [0.05, 0.1) is 12.2 Å². The van der Waals surface area contributed by atoms with Gasteiger partial charge in [0.15, 0.2) is 17.9 Å². The molecule has 0 saturated carbocycles. The highest BCUT2D eigenvalue weighted by molar-refractivity contribution is 6.02. The Labute approximate surface area is 236 Å². The van der Waals surface area contributed by atoms with Crippen LogP contribution in [-0.2, 0) is 38.0 Å². The fourth-order valence-electron chi connectivity index (χ4n) is 5.10. The highest BCUT2D eigenvalue weighted by atomic mass is 16.8. The molecule has 0 aliphatic carbocycles. The molecule has 222 valence electrons. The number of carbonyl (C=O) groups excluding carboxylic acids is 3. The average molecular weight is 574 g/mol. The Hall–Kier alpha value is -3.33. The summed E-state index contributed by atoms with van der Waals surface area (Å²) in [5.41, 5.74) is 4.50. The van der Waals surface area contributed by atoms with E-state index in [2.05, 4.69) is 16.2 Å². The molecule has 4 N–H and O–H groups in total. The van der Waals surface area contributed by atoms with Gasteiger partial charge >= 0.3 is 0 Å². The summed E-state index contributed by atoms with van der Waals surface area (Å²) in [5, 5.41) is 14.3. The standard InChI is InChI=1S/C28H35N3O10/c1-14(24(34)30-31-25(35)17-10-15-8-6-7-9-16(15)11-18(17)32)29-20(33)13-36-22-21(19-12-37-27(2,3)39-19)38-26-23(22)40-28(4,5)41-26/h6-11,14,19,21-23,26,32H,12-13H2,1-5H3,(H,29,33)(H,30,34)(H,31,35)/t14?,19?,21-,22+,23-,26-/m1/s1. The van der Waals surface area contributed by atoms with E-state index in [9.17, 15) is 19.5 Å². The van der Waals surface area contributed by atoms with Crippen LogP contribution in [0.5, 0.6) is 5.75 Å². The molecule has 5 rings (SSSR count). The summed E-state index contributed by atoms with van der Waals surface area (Å²) in [6, 6.07) is 9.19. The first kappa shape index (κ1) is 29.2. The summed E-state index contributed by atoms with van der Waals surface area (Å²) >= 11 is 0. The van der Waals surface area contributed by atoms with Gasteiger partial charge in [0, 0.05) is 0 Å². The van der Waals surface area contributed by atoms with Gasteiger partial charge in [-0.25, -0.2) is 0 Å². The minimum atomic E-state index is -1.02. The van der Waals surface area contributed by atoms with Crippen LogP contribution in [0, 0.1) is 0 Å². The summed E-state index contributed by atoms with van der Waals surface area (Å²) in [6.07, 6.45) is -3.08. The Morgan fingerprint density at radius 2 is 1.71 bits per heavy atom. The van der Waals surface area contributed by atoms with E-state index in [4.69, 9.17) is 28.4 Å². The van der Waals surface area contributed by atoms with Crippen molar-refractivity contribution < 1.29 is 47.9 Å². The minimum absolute atomic E-state index is 0.0120. The van der Waals surface area contributed by atoms with E-state index in [1.54, 1.807) is 39.8 Å². The predicted molar refractivity (Wildman–Crippen MR) is 142 cm³/mol. The molecule has 0 bridgehead atoms. The second-order valence-electron chi connectivity index (χ2n) is 11.2. The van der Waals surface area contributed by atoms with Crippen molar-refractivity contribution in [1.29, 1.82) is 0 Å². The number of phenols is 1. The molecule has 13 nitrogen and oxygen atoms in total. The Bertz CT molecular complexity index is 1330. The molecule has 6 atom stereocenters. The Morgan fingerprint density at radius 1 is 1.00 bits per heavy atom. The quantitative estimate of drug-likeness (QED) is 0.354. The molecule has 3 aliphatic heterocycles. The molecule has 3 amide bonds. The van der Waals surface area contributed by atoms with Gasteiger partial charge in [-0.3, -0.25) is 25.2 Å². The number of amides is 3. The van der Waals surface area contributed by atoms with Gasteiger partial charge in [-0.05, 0) is 57.5 Å². The number of aromatic hydroxyl groups is 1. The van der Waals surface area contributed by atoms with Crippen LogP contribution >= 0.6 is 0 Å². The molecule has 13 heteroatoms. The van der Waals surface area contributed by atoms with Crippen LogP contribution in [0.3, 0.4) is 0 Å². The van der Waals surface area contributed by atoms with Crippen LogP contribution in [0.2, 0.25) is 0 Å².